The maximum absolute atomic E-state index is 12.9. The van der Waals surface area contributed by atoms with E-state index in [0.29, 0.717) is 24.0 Å². The van der Waals surface area contributed by atoms with Gasteiger partial charge in [0.25, 0.3) is 5.56 Å². The predicted octanol–water partition coefficient (Wildman–Crippen LogP) is 3.13. The average Bonchev–Trinajstić information content (AvgIpc) is 3.09. The van der Waals surface area contributed by atoms with Crippen molar-refractivity contribution >= 4 is 27.8 Å². The Morgan fingerprint density at radius 2 is 1.71 bits per heavy atom. The van der Waals surface area contributed by atoms with Gasteiger partial charge in [-0.2, -0.15) is 0 Å². The Morgan fingerprint density at radius 1 is 1.03 bits per heavy atom. The van der Waals surface area contributed by atoms with Gasteiger partial charge in [-0.05, 0) is 24.3 Å². The normalized spacial score (nSPS) is 14.9. The molecule has 0 saturated carbocycles. The molecule has 1 fully saturated rings. The molecule has 2 aromatic heterocycles. The summed E-state index contributed by atoms with van der Waals surface area (Å²) in [6.45, 7) is 7.69. The van der Waals surface area contributed by atoms with Crippen LogP contribution in [0.2, 0.25) is 0 Å². The molecule has 158 valence electrons. The quantitative estimate of drug-likeness (QED) is 0.515. The van der Waals surface area contributed by atoms with Crippen molar-refractivity contribution in [2.24, 2.45) is 0 Å². The van der Waals surface area contributed by atoms with Crippen LogP contribution < -0.4 is 5.56 Å². The van der Waals surface area contributed by atoms with E-state index in [1.54, 1.807) is 23.1 Å². The first kappa shape index (κ1) is 19.5. The molecule has 7 heteroatoms. The van der Waals surface area contributed by atoms with Gasteiger partial charge in [-0.15, -0.1) is 0 Å². The van der Waals surface area contributed by atoms with Gasteiger partial charge in [-0.25, -0.2) is 9.97 Å². The van der Waals surface area contributed by atoms with E-state index >= 15 is 0 Å². The number of likely N-dealkylation sites (tertiary alicyclic amines) is 1. The van der Waals surface area contributed by atoms with Gasteiger partial charge < -0.3 is 9.47 Å². The zero-order chi connectivity index (χ0) is 21.8. The number of imidazole rings is 1. The number of hydrogen-bond donors (Lipinski definition) is 0. The molecule has 1 aliphatic heterocycles. The van der Waals surface area contributed by atoms with E-state index in [1.807, 2.05) is 24.3 Å². The van der Waals surface area contributed by atoms with Crippen molar-refractivity contribution in [3.05, 3.63) is 71.0 Å². The molecular formula is C24H25N5O2. The van der Waals surface area contributed by atoms with Gasteiger partial charge in [0, 0.05) is 18.5 Å². The van der Waals surface area contributed by atoms with Gasteiger partial charge in [0.2, 0.25) is 5.91 Å². The highest BCUT2D eigenvalue weighted by molar-refractivity contribution is 5.80. The van der Waals surface area contributed by atoms with Crippen LogP contribution in [0.5, 0.6) is 0 Å². The number of amides is 1. The fourth-order valence-corrected chi connectivity index (χ4v) is 4.23. The highest BCUT2D eigenvalue weighted by Crippen LogP contribution is 2.33. The van der Waals surface area contributed by atoms with Crippen LogP contribution in [0.3, 0.4) is 0 Å². The molecule has 1 aliphatic rings. The van der Waals surface area contributed by atoms with Gasteiger partial charge in [0.15, 0.2) is 0 Å². The van der Waals surface area contributed by atoms with Crippen LogP contribution in [0.1, 0.15) is 32.6 Å². The van der Waals surface area contributed by atoms with Gasteiger partial charge in [-0.3, -0.25) is 14.2 Å². The lowest BCUT2D eigenvalue weighted by atomic mass is 9.94. The fraction of sp³-hybridized carbons (Fsp3) is 0.333. The third-order valence-corrected chi connectivity index (χ3v) is 5.88. The molecule has 0 unspecified atom stereocenters. The van der Waals surface area contributed by atoms with Crippen LogP contribution in [0.15, 0.2) is 59.7 Å². The number of carbonyl (C=O) groups excluding carboxylic acids is 1. The molecule has 0 aliphatic carbocycles. The Morgan fingerprint density at radius 3 is 2.45 bits per heavy atom. The second-order valence-electron chi connectivity index (χ2n) is 9.19. The second kappa shape index (κ2) is 7.04. The van der Waals surface area contributed by atoms with Crippen molar-refractivity contribution in [3.8, 4) is 0 Å². The number of para-hydroxylation sites is 3. The number of hydrogen-bond acceptors (Lipinski definition) is 4. The lowest BCUT2D eigenvalue weighted by molar-refractivity contribution is -0.137. The van der Waals surface area contributed by atoms with Gasteiger partial charge >= 0.3 is 0 Å². The van der Waals surface area contributed by atoms with E-state index in [9.17, 15) is 9.59 Å². The van der Waals surface area contributed by atoms with Crippen molar-refractivity contribution in [1.29, 1.82) is 0 Å². The summed E-state index contributed by atoms with van der Waals surface area (Å²) in [6.07, 6.45) is 1.46. The van der Waals surface area contributed by atoms with Crippen LogP contribution in [0.25, 0.3) is 21.9 Å². The molecule has 4 aromatic rings. The molecule has 0 N–H and O–H groups in total. The molecule has 2 aromatic carbocycles. The minimum absolute atomic E-state index is 0.000190. The molecule has 0 bridgehead atoms. The molecular weight excluding hydrogens is 390 g/mol. The minimum atomic E-state index is -0.188. The third-order valence-electron chi connectivity index (χ3n) is 5.88. The Kier molecular flexibility index (Phi) is 4.43. The van der Waals surface area contributed by atoms with E-state index in [-0.39, 0.29) is 29.5 Å². The summed E-state index contributed by atoms with van der Waals surface area (Å²) in [6, 6.07) is 15.5. The largest absolute Gasteiger partial charge is 0.337 e. The Hall–Kier alpha value is -3.48. The molecule has 7 nitrogen and oxygen atoms in total. The first-order chi connectivity index (χ1) is 14.8. The highest BCUT2D eigenvalue weighted by atomic mass is 16.2. The summed E-state index contributed by atoms with van der Waals surface area (Å²) in [7, 11) is 0. The lowest BCUT2D eigenvalue weighted by Crippen LogP contribution is -2.52. The maximum Gasteiger partial charge on any atom is 0.261 e. The predicted molar refractivity (Wildman–Crippen MR) is 120 cm³/mol. The van der Waals surface area contributed by atoms with Crippen molar-refractivity contribution in [1.82, 2.24) is 24.0 Å². The first-order valence-electron chi connectivity index (χ1n) is 10.5. The summed E-state index contributed by atoms with van der Waals surface area (Å²) < 4.78 is 3.67. The smallest absolute Gasteiger partial charge is 0.261 e. The van der Waals surface area contributed by atoms with Crippen LogP contribution in [-0.2, 0) is 16.8 Å². The van der Waals surface area contributed by atoms with Crippen molar-refractivity contribution in [3.63, 3.8) is 0 Å². The van der Waals surface area contributed by atoms with E-state index in [4.69, 9.17) is 4.98 Å². The SMILES string of the molecule is CC(C)(C)c1nc2ccccc2n1C1CN(C(=O)Cn2cnc3ccccc3c2=O)C1. The number of benzene rings is 2. The van der Waals surface area contributed by atoms with Gasteiger partial charge in [0.1, 0.15) is 12.4 Å². The number of carbonyl (C=O) groups is 1. The molecule has 3 heterocycles. The Balaban J connectivity index is 1.37. The standard InChI is InChI=1S/C24H25N5O2/c1-24(2,3)23-26-19-10-6-7-11-20(19)29(23)16-12-27(13-16)21(30)14-28-15-25-18-9-5-4-8-17(18)22(28)31/h4-11,15-16H,12-14H2,1-3H3. The van der Waals surface area contributed by atoms with Crippen molar-refractivity contribution < 1.29 is 4.79 Å². The van der Waals surface area contributed by atoms with Crippen LogP contribution in [0.4, 0.5) is 0 Å². The van der Waals surface area contributed by atoms with Crippen molar-refractivity contribution in [2.75, 3.05) is 13.1 Å². The fourth-order valence-electron chi connectivity index (χ4n) is 4.23. The minimum Gasteiger partial charge on any atom is -0.337 e. The maximum atomic E-state index is 12.9. The van der Waals surface area contributed by atoms with Crippen LogP contribution >= 0.6 is 0 Å². The number of aromatic nitrogens is 4. The zero-order valence-electron chi connectivity index (χ0n) is 17.9. The van der Waals surface area contributed by atoms with Gasteiger partial charge in [-0.1, -0.05) is 45.0 Å². The summed E-state index contributed by atoms with van der Waals surface area (Å²) in [4.78, 5) is 36.5. The Bertz CT molecular complexity index is 1360. The number of fused-ring (bicyclic) bond motifs is 2. The number of rotatable bonds is 3. The zero-order valence-corrected chi connectivity index (χ0v) is 17.9. The third kappa shape index (κ3) is 3.30. The van der Waals surface area contributed by atoms with E-state index < -0.39 is 0 Å². The molecule has 1 amide bonds. The monoisotopic (exact) mass is 415 g/mol. The molecule has 5 rings (SSSR count). The van der Waals surface area contributed by atoms with E-state index in [2.05, 4.69) is 36.4 Å². The van der Waals surface area contributed by atoms with Gasteiger partial charge in [0.05, 0.1) is 34.3 Å². The number of nitrogens with zero attached hydrogens (tertiary/aromatic N) is 5. The second-order valence-corrected chi connectivity index (χ2v) is 9.19. The average molecular weight is 415 g/mol. The van der Waals surface area contributed by atoms with Crippen LogP contribution in [0, 0.1) is 0 Å². The summed E-state index contributed by atoms with van der Waals surface area (Å²) in [5.74, 6) is 0.956. The summed E-state index contributed by atoms with van der Waals surface area (Å²) in [5, 5.41) is 0.527. The molecule has 31 heavy (non-hydrogen) atoms. The van der Waals surface area contributed by atoms with E-state index in [0.717, 1.165) is 16.9 Å². The van der Waals surface area contributed by atoms with E-state index in [1.165, 1.54) is 10.9 Å². The summed E-state index contributed by atoms with van der Waals surface area (Å²) >= 11 is 0. The molecule has 0 atom stereocenters. The molecule has 0 spiro atoms. The highest BCUT2D eigenvalue weighted by Gasteiger charge is 2.36. The Labute approximate surface area is 180 Å². The summed E-state index contributed by atoms with van der Waals surface area (Å²) in [5.41, 5.74) is 2.42. The van der Waals surface area contributed by atoms with Crippen LogP contribution in [-0.4, -0.2) is 43.0 Å². The van der Waals surface area contributed by atoms with Crippen molar-refractivity contribution in [2.45, 2.75) is 38.8 Å². The molecule has 0 radical (unpaired) electrons. The first-order valence-corrected chi connectivity index (χ1v) is 10.5. The molecule has 1 saturated heterocycles. The lowest BCUT2D eigenvalue weighted by Gasteiger charge is -2.42. The topological polar surface area (TPSA) is 73.0 Å².